The van der Waals surface area contributed by atoms with Crippen LogP contribution in [0.25, 0.3) is 11.4 Å². The summed E-state index contributed by atoms with van der Waals surface area (Å²) in [4.78, 5) is 14.8. The van der Waals surface area contributed by atoms with Crippen LogP contribution in [0.1, 0.15) is 20.8 Å². The molecule has 9 heteroatoms. The SMILES string of the molecule is CCN(CC)c1ccc(-c2nnc(SCC(=O)Nc3ccc4c(c3)OCCO4)n2CC)cc1. The lowest BCUT2D eigenvalue weighted by atomic mass is 10.2. The molecule has 1 aromatic heterocycles. The Morgan fingerprint density at radius 1 is 1.03 bits per heavy atom. The van der Waals surface area contributed by atoms with Crippen molar-refractivity contribution in [3.63, 3.8) is 0 Å². The van der Waals surface area contributed by atoms with Crippen LogP contribution in [-0.2, 0) is 11.3 Å². The number of nitrogens with zero attached hydrogens (tertiary/aromatic N) is 4. The van der Waals surface area contributed by atoms with Gasteiger partial charge in [-0.1, -0.05) is 11.8 Å². The van der Waals surface area contributed by atoms with E-state index in [1.807, 2.05) is 16.7 Å². The third-order valence-corrected chi connectivity index (χ3v) is 6.41. The molecule has 0 aliphatic carbocycles. The molecule has 0 atom stereocenters. The molecule has 0 spiro atoms. The van der Waals surface area contributed by atoms with Crippen LogP contribution >= 0.6 is 11.8 Å². The average molecular weight is 468 g/mol. The molecule has 1 aliphatic heterocycles. The van der Waals surface area contributed by atoms with Crippen LogP contribution in [0.15, 0.2) is 47.6 Å². The Morgan fingerprint density at radius 2 is 1.76 bits per heavy atom. The number of rotatable bonds is 9. The van der Waals surface area contributed by atoms with E-state index in [0.717, 1.165) is 29.6 Å². The number of anilines is 2. The maximum absolute atomic E-state index is 12.5. The minimum atomic E-state index is -0.118. The summed E-state index contributed by atoms with van der Waals surface area (Å²) in [5, 5.41) is 12.4. The predicted octanol–water partition coefficient (Wildman–Crippen LogP) is 4.31. The molecule has 0 saturated heterocycles. The topological polar surface area (TPSA) is 81.5 Å². The van der Waals surface area contributed by atoms with Crippen molar-refractivity contribution in [2.24, 2.45) is 0 Å². The van der Waals surface area contributed by atoms with E-state index in [1.54, 1.807) is 6.07 Å². The Morgan fingerprint density at radius 3 is 2.45 bits per heavy atom. The van der Waals surface area contributed by atoms with Gasteiger partial charge >= 0.3 is 0 Å². The number of carbonyl (C=O) groups excluding carboxylic acids is 1. The van der Waals surface area contributed by atoms with E-state index >= 15 is 0 Å². The first-order valence-corrected chi connectivity index (χ1v) is 12.2. The van der Waals surface area contributed by atoms with Gasteiger partial charge in [-0.3, -0.25) is 4.79 Å². The quantitative estimate of drug-likeness (QED) is 0.470. The number of carbonyl (C=O) groups is 1. The van der Waals surface area contributed by atoms with Crippen LogP contribution in [0, 0.1) is 0 Å². The van der Waals surface area contributed by atoms with Crippen molar-refractivity contribution in [1.29, 1.82) is 0 Å². The van der Waals surface area contributed by atoms with Crippen molar-refractivity contribution in [3.05, 3.63) is 42.5 Å². The molecule has 1 amide bonds. The van der Waals surface area contributed by atoms with Crippen molar-refractivity contribution in [2.45, 2.75) is 32.5 Å². The molecule has 2 heterocycles. The molecule has 0 radical (unpaired) electrons. The molecule has 0 fully saturated rings. The zero-order valence-corrected chi connectivity index (χ0v) is 20.0. The second kappa shape index (κ2) is 10.6. The Bertz CT molecular complexity index is 1100. The van der Waals surface area contributed by atoms with Crippen molar-refractivity contribution in [2.75, 3.05) is 42.3 Å². The standard InChI is InChI=1S/C24H29N5O3S/c1-4-28(5-2)19-10-7-17(8-11-19)23-26-27-24(29(23)6-3)33-16-22(30)25-18-9-12-20-21(15-18)32-14-13-31-20/h7-12,15H,4-6,13-14,16H2,1-3H3,(H,25,30). The summed E-state index contributed by atoms with van der Waals surface area (Å²) in [7, 11) is 0. The number of amides is 1. The summed E-state index contributed by atoms with van der Waals surface area (Å²) in [5.74, 6) is 2.26. The fourth-order valence-electron chi connectivity index (χ4n) is 3.75. The summed E-state index contributed by atoms with van der Waals surface area (Å²) >= 11 is 1.37. The van der Waals surface area contributed by atoms with Crippen LogP contribution in [0.3, 0.4) is 0 Å². The Kier molecular flexibility index (Phi) is 7.39. The van der Waals surface area contributed by atoms with Crippen molar-refractivity contribution in [3.8, 4) is 22.9 Å². The highest BCUT2D eigenvalue weighted by Crippen LogP contribution is 2.33. The fraction of sp³-hybridized carbons (Fsp3) is 0.375. The monoisotopic (exact) mass is 467 g/mol. The molecule has 174 valence electrons. The Balaban J connectivity index is 1.40. The lowest BCUT2D eigenvalue weighted by molar-refractivity contribution is -0.113. The molecule has 4 rings (SSSR count). The molecule has 1 N–H and O–H groups in total. The number of thioether (sulfide) groups is 1. The van der Waals surface area contributed by atoms with Gasteiger partial charge < -0.3 is 24.3 Å². The molecule has 3 aromatic rings. The Hall–Kier alpha value is -3.20. The second-order valence-corrected chi connectivity index (χ2v) is 8.41. The first-order chi connectivity index (χ1) is 16.1. The molecule has 1 aliphatic rings. The number of ether oxygens (including phenoxy) is 2. The number of nitrogens with one attached hydrogen (secondary N) is 1. The summed E-state index contributed by atoms with van der Waals surface area (Å²) < 4.78 is 13.1. The third kappa shape index (κ3) is 5.24. The lowest BCUT2D eigenvalue weighted by Gasteiger charge is -2.21. The zero-order valence-electron chi connectivity index (χ0n) is 19.2. The molecular formula is C24H29N5O3S. The van der Waals surface area contributed by atoms with Gasteiger partial charge in [-0.2, -0.15) is 0 Å². The normalized spacial score (nSPS) is 12.5. The van der Waals surface area contributed by atoms with Gasteiger partial charge in [0, 0.05) is 42.6 Å². The van der Waals surface area contributed by atoms with Crippen LogP contribution in [0.5, 0.6) is 11.5 Å². The number of fused-ring (bicyclic) bond motifs is 1. The second-order valence-electron chi connectivity index (χ2n) is 7.46. The van der Waals surface area contributed by atoms with Gasteiger partial charge in [0.2, 0.25) is 5.91 Å². The number of benzene rings is 2. The highest BCUT2D eigenvalue weighted by molar-refractivity contribution is 7.99. The van der Waals surface area contributed by atoms with E-state index in [4.69, 9.17) is 9.47 Å². The van der Waals surface area contributed by atoms with Crippen LogP contribution in [0.2, 0.25) is 0 Å². The average Bonchev–Trinajstić information content (AvgIpc) is 3.27. The van der Waals surface area contributed by atoms with Gasteiger partial charge in [0.1, 0.15) is 13.2 Å². The van der Waals surface area contributed by atoms with Gasteiger partial charge in [-0.15, -0.1) is 10.2 Å². The van der Waals surface area contributed by atoms with E-state index in [2.05, 4.69) is 65.5 Å². The first-order valence-electron chi connectivity index (χ1n) is 11.2. The van der Waals surface area contributed by atoms with Crippen molar-refractivity contribution < 1.29 is 14.3 Å². The Labute approximate surface area is 198 Å². The lowest BCUT2D eigenvalue weighted by Crippen LogP contribution is -2.21. The molecule has 0 bridgehead atoms. The molecule has 8 nitrogen and oxygen atoms in total. The fourth-order valence-corrected chi connectivity index (χ4v) is 4.55. The van der Waals surface area contributed by atoms with E-state index < -0.39 is 0 Å². The summed E-state index contributed by atoms with van der Waals surface area (Å²) in [6.07, 6.45) is 0. The third-order valence-electron chi connectivity index (χ3n) is 5.45. The molecule has 33 heavy (non-hydrogen) atoms. The molecule has 0 unspecified atom stereocenters. The van der Waals surface area contributed by atoms with Gasteiger partial charge in [-0.25, -0.2) is 0 Å². The maximum Gasteiger partial charge on any atom is 0.234 e. The summed E-state index contributed by atoms with van der Waals surface area (Å²) in [5.41, 5.74) is 2.88. The van der Waals surface area contributed by atoms with Crippen LogP contribution in [-0.4, -0.2) is 52.7 Å². The maximum atomic E-state index is 12.5. The number of hydrogen-bond donors (Lipinski definition) is 1. The smallest absolute Gasteiger partial charge is 0.234 e. The van der Waals surface area contributed by atoms with Gasteiger partial charge in [0.05, 0.1) is 5.75 Å². The van der Waals surface area contributed by atoms with E-state index in [9.17, 15) is 4.79 Å². The van der Waals surface area contributed by atoms with Gasteiger partial charge in [0.25, 0.3) is 0 Å². The predicted molar refractivity (Wildman–Crippen MR) is 131 cm³/mol. The highest BCUT2D eigenvalue weighted by Gasteiger charge is 2.16. The number of aromatic nitrogens is 3. The minimum Gasteiger partial charge on any atom is -0.486 e. The number of hydrogen-bond acceptors (Lipinski definition) is 7. The molecular weight excluding hydrogens is 438 g/mol. The summed E-state index contributed by atoms with van der Waals surface area (Å²) in [6, 6.07) is 13.8. The molecule has 0 saturated carbocycles. The van der Waals surface area contributed by atoms with E-state index in [1.165, 1.54) is 17.4 Å². The highest BCUT2D eigenvalue weighted by atomic mass is 32.2. The zero-order chi connectivity index (χ0) is 23.2. The molecule has 2 aromatic carbocycles. The largest absolute Gasteiger partial charge is 0.486 e. The van der Waals surface area contributed by atoms with Crippen LogP contribution < -0.4 is 19.7 Å². The van der Waals surface area contributed by atoms with Crippen molar-refractivity contribution in [1.82, 2.24) is 14.8 Å². The minimum absolute atomic E-state index is 0.118. The van der Waals surface area contributed by atoms with Crippen LogP contribution in [0.4, 0.5) is 11.4 Å². The van der Waals surface area contributed by atoms with Crippen molar-refractivity contribution >= 4 is 29.0 Å². The summed E-state index contributed by atoms with van der Waals surface area (Å²) in [6.45, 7) is 10.1. The first kappa shape index (κ1) is 23.0. The van der Waals surface area contributed by atoms with E-state index in [-0.39, 0.29) is 11.7 Å². The van der Waals surface area contributed by atoms with Gasteiger partial charge in [0.15, 0.2) is 22.5 Å². The van der Waals surface area contributed by atoms with Gasteiger partial charge in [-0.05, 0) is 57.2 Å². The van der Waals surface area contributed by atoms with E-state index in [0.29, 0.717) is 36.9 Å².